The number of carbonyl (C=O) groups excluding carboxylic acids is 1. The molecule has 0 bridgehead atoms. The van der Waals surface area contributed by atoms with Crippen molar-refractivity contribution >= 4 is 17.7 Å². The maximum absolute atomic E-state index is 12.0. The van der Waals surface area contributed by atoms with Gasteiger partial charge in [-0.15, -0.1) is 0 Å². The summed E-state index contributed by atoms with van der Waals surface area (Å²) < 4.78 is 0. The van der Waals surface area contributed by atoms with E-state index in [1.807, 2.05) is 0 Å². The first-order valence-corrected chi connectivity index (χ1v) is 5.99. The van der Waals surface area contributed by atoms with Gasteiger partial charge in [0.15, 0.2) is 11.3 Å². The Bertz CT molecular complexity index is 347. The van der Waals surface area contributed by atoms with Gasteiger partial charge in [0.05, 0.1) is 6.04 Å². The molecule has 0 radical (unpaired) electrons. The SMILES string of the molecule is NCCCC[C@](N)(C(=O)O)C(=O)[C@@H](N)CCC(=O)O. The van der Waals surface area contributed by atoms with Crippen molar-refractivity contribution in [3.05, 3.63) is 0 Å². The number of rotatable bonds is 10. The molecule has 0 aromatic heterocycles. The quantitative estimate of drug-likeness (QED) is 0.241. The molecule has 0 aromatic carbocycles. The van der Waals surface area contributed by atoms with Crippen LogP contribution < -0.4 is 17.2 Å². The maximum Gasteiger partial charge on any atom is 0.331 e. The Hall–Kier alpha value is -1.51. The number of carboxylic acid groups (broad SMARTS) is 2. The third-order valence-electron chi connectivity index (χ3n) is 2.85. The van der Waals surface area contributed by atoms with E-state index in [0.717, 1.165) is 0 Å². The molecule has 0 saturated carbocycles. The van der Waals surface area contributed by atoms with Crippen LogP contribution in [0.15, 0.2) is 0 Å². The number of hydrogen-bond donors (Lipinski definition) is 5. The van der Waals surface area contributed by atoms with Gasteiger partial charge in [0.2, 0.25) is 0 Å². The third kappa shape index (κ3) is 5.33. The molecule has 8 heteroatoms. The van der Waals surface area contributed by atoms with E-state index in [4.69, 9.17) is 27.4 Å². The zero-order valence-corrected chi connectivity index (χ0v) is 10.7. The Morgan fingerprint density at radius 1 is 1.16 bits per heavy atom. The fourth-order valence-electron chi connectivity index (χ4n) is 1.62. The zero-order valence-electron chi connectivity index (χ0n) is 10.7. The van der Waals surface area contributed by atoms with Crippen LogP contribution in [-0.2, 0) is 14.4 Å². The van der Waals surface area contributed by atoms with Gasteiger partial charge in [-0.3, -0.25) is 9.59 Å². The van der Waals surface area contributed by atoms with Crippen LogP contribution in [0.5, 0.6) is 0 Å². The first kappa shape index (κ1) is 17.5. The van der Waals surface area contributed by atoms with Crippen molar-refractivity contribution in [1.29, 1.82) is 0 Å². The molecule has 8 N–H and O–H groups in total. The monoisotopic (exact) mass is 275 g/mol. The molecule has 0 heterocycles. The van der Waals surface area contributed by atoms with Crippen LogP contribution in [0.25, 0.3) is 0 Å². The van der Waals surface area contributed by atoms with Crippen molar-refractivity contribution in [3.63, 3.8) is 0 Å². The molecule has 0 amide bonds. The predicted octanol–water partition coefficient (Wildman–Crippen LogP) is -1.34. The van der Waals surface area contributed by atoms with Gasteiger partial charge in [0, 0.05) is 6.42 Å². The van der Waals surface area contributed by atoms with Crippen LogP contribution in [0.3, 0.4) is 0 Å². The minimum atomic E-state index is -2.08. The van der Waals surface area contributed by atoms with E-state index in [2.05, 4.69) is 0 Å². The smallest absolute Gasteiger partial charge is 0.331 e. The molecule has 0 aliphatic carbocycles. The lowest BCUT2D eigenvalue weighted by Crippen LogP contribution is -2.60. The molecule has 8 nitrogen and oxygen atoms in total. The largest absolute Gasteiger partial charge is 0.481 e. The molecule has 2 atom stereocenters. The zero-order chi connectivity index (χ0) is 15.1. The first-order valence-electron chi connectivity index (χ1n) is 5.99. The van der Waals surface area contributed by atoms with Crippen molar-refractivity contribution in [1.82, 2.24) is 0 Å². The third-order valence-corrected chi connectivity index (χ3v) is 2.85. The number of carboxylic acids is 2. The maximum atomic E-state index is 12.0. The summed E-state index contributed by atoms with van der Waals surface area (Å²) in [6.45, 7) is 0.370. The first-order chi connectivity index (χ1) is 8.75. The summed E-state index contributed by atoms with van der Waals surface area (Å²) in [6, 6.07) is -1.20. The van der Waals surface area contributed by atoms with Crippen LogP contribution in [0.1, 0.15) is 32.1 Å². The van der Waals surface area contributed by atoms with Crippen LogP contribution in [0.4, 0.5) is 0 Å². The fourth-order valence-corrected chi connectivity index (χ4v) is 1.62. The number of Topliss-reactive ketones (excluding diaryl/α,β-unsaturated/α-hetero) is 1. The second kappa shape index (κ2) is 7.82. The summed E-state index contributed by atoms with van der Waals surface area (Å²) in [5, 5.41) is 17.6. The number of ketones is 1. The number of hydrogen-bond acceptors (Lipinski definition) is 6. The van der Waals surface area contributed by atoms with Crippen LogP contribution >= 0.6 is 0 Å². The van der Waals surface area contributed by atoms with Gasteiger partial charge < -0.3 is 27.4 Å². The molecule has 0 spiro atoms. The summed E-state index contributed by atoms with van der Waals surface area (Å²) in [5.74, 6) is -3.41. The van der Waals surface area contributed by atoms with Crippen molar-refractivity contribution in [2.24, 2.45) is 17.2 Å². The van der Waals surface area contributed by atoms with Gasteiger partial charge in [-0.05, 0) is 32.2 Å². The predicted molar refractivity (Wildman–Crippen MR) is 67.3 cm³/mol. The summed E-state index contributed by atoms with van der Waals surface area (Å²) in [7, 11) is 0. The molecule has 0 aromatic rings. The van der Waals surface area contributed by atoms with E-state index in [-0.39, 0.29) is 19.3 Å². The second-order valence-electron chi connectivity index (χ2n) is 4.43. The Morgan fingerprint density at radius 2 is 1.74 bits per heavy atom. The highest BCUT2D eigenvalue weighted by molar-refractivity contribution is 6.09. The van der Waals surface area contributed by atoms with Gasteiger partial charge >= 0.3 is 11.9 Å². The molecule has 0 saturated heterocycles. The normalized spacial score (nSPS) is 15.5. The average Bonchev–Trinajstić information content (AvgIpc) is 2.34. The van der Waals surface area contributed by atoms with E-state index in [0.29, 0.717) is 19.4 Å². The lowest BCUT2D eigenvalue weighted by molar-refractivity contribution is -0.149. The summed E-state index contributed by atoms with van der Waals surface area (Å²) in [4.78, 5) is 33.5. The van der Waals surface area contributed by atoms with Gasteiger partial charge in [0.1, 0.15) is 0 Å². The van der Waals surface area contributed by atoms with Crippen LogP contribution in [-0.4, -0.2) is 46.1 Å². The molecule has 0 rings (SSSR count). The molecule has 19 heavy (non-hydrogen) atoms. The summed E-state index contributed by atoms with van der Waals surface area (Å²) >= 11 is 0. The van der Waals surface area contributed by atoms with E-state index < -0.39 is 29.3 Å². The number of nitrogens with two attached hydrogens (primary N) is 3. The van der Waals surface area contributed by atoms with Crippen molar-refractivity contribution in [2.45, 2.75) is 43.7 Å². The fraction of sp³-hybridized carbons (Fsp3) is 0.727. The standard InChI is InChI=1S/C11H21N3O5/c12-6-2-1-5-11(14,10(18)19)9(17)7(13)3-4-8(15)16/h7H,1-6,12-14H2,(H,15,16)(H,18,19)/t7-,11+/m0/s1. The molecule has 0 aliphatic heterocycles. The van der Waals surface area contributed by atoms with E-state index >= 15 is 0 Å². The molecular formula is C11H21N3O5. The highest BCUT2D eigenvalue weighted by Gasteiger charge is 2.43. The highest BCUT2D eigenvalue weighted by Crippen LogP contribution is 2.16. The number of unbranched alkanes of at least 4 members (excludes halogenated alkanes) is 1. The topological polar surface area (TPSA) is 170 Å². The summed E-state index contributed by atoms with van der Waals surface area (Å²) in [6.07, 6.45) is 0.405. The van der Waals surface area contributed by atoms with Gasteiger partial charge in [0.25, 0.3) is 0 Å². The molecule has 0 unspecified atom stereocenters. The van der Waals surface area contributed by atoms with E-state index in [1.54, 1.807) is 0 Å². The minimum Gasteiger partial charge on any atom is -0.481 e. The Labute approximate surface area is 110 Å². The van der Waals surface area contributed by atoms with Crippen molar-refractivity contribution < 1.29 is 24.6 Å². The van der Waals surface area contributed by atoms with Gasteiger partial charge in [-0.25, -0.2) is 4.79 Å². The summed E-state index contributed by atoms with van der Waals surface area (Å²) in [5.41, 5.74) is 14.3. The Kier molecular flexibility index (Phi) is 7.20. The van der Waals surface area contributed by atoms with E-state index in [1.165, 1.54) is 0 Å². The van der Waals surface area contributed by atoms with Gasteiger partial charge in [-0.1, -0.05) is 0 Å². The van der Waals surface area contributed by atoms with Crippen molar-refractivity contribution in [2.75, 3.05) is 6.54 Å². The lowest BCUT2D eigenvalue weighted by atomic mass is 9.84. The average molecular weight is 275 g/mol. The number of aliphatic carboxylic acids is 2. The minimum absolute atomic E-state index is 0.0703. The molecule has 0 aliphatic rings. The molecular weight excluding hydrogens is 254 g/mol. The second-order valence-corrected chi connectivity index (χ2v) is 4.43. The van der Waals surface area contributed by atoms with Crippen molar-refractivity contribution in [3.8, 4) is 0 Å². The highest BCUT2D eigenvalue weighted by atomic mass is 16.4. The van der Waals surface area contributed by atoms with Crippen LogP contribution in [0.2, 0.25) is 0 Å². The molecule has 0 fully saturated rings. The molecule has 110 valence electrons. The van der Waals surface area contributed by atoms with Crippen LogP contribution in [0, 0.1) is 0 Å². The number of carbonyl (C=O) groups is 3. The Balaban J connectivity index is 4.71. The van der Waals surface area contributed by atoms with Gasteiger partial charge in [-0.2, -0.15) is 0 Å². The van der Waals surface area contributed by atoms with E-state index in [9.17, 15) is 14.4 Å². The Morgan fingerprint density at radius 3 is 2.16 bits per heavy atom. The lowest BCUT2D eigenvalue weighted by Gasteiger charge is -2.26.